The van der Waals surface area contributed by atoms with Crippen LogP contribution in [0.3, 0.4) is 0 Å². The number of ketones is 1. The molecule has 0 saturated carbocycles. The lowest BCUT2D eigenvalue weighted by molar-refractivity contribution is 0.101. The van der Waals surface area contributed by atoms with E-state index in [9.17, 15) is 4.79 Å². The normalized spacial score (nSPS) is 10.9. The van der Waals surface area contributed by atoms with Crippen LogP contribution in [0.5, 0.6) is 0 Å². The van der Waals surface area contributed by atoms with Gasteiger partial charge in [-0.05, 0) is 71.2 Å². The van der Waals surface area contributed by atoms with Crippen molar-refractivity contribution in [2.75, 3.05) is 18.9 Å². The number of carbonyl (C=O) groups is 1. The molecule has 4 aromatic rings. The van der Waals surface area contributed by atoms with E-state index in [1.807, 2.05) is 34.2 Å². The van der Waals surface area contributed by atoms with Gasteiger partial charge in [-0.15, -0.1) is 11.3 Å². The first-order valence-corrected chi connectivity index (χ1v) is 15.0. The maximum atomic E-state index is 11.2. The molecule has 0 unspecified atom stereocenters. The molecule has 0 aliphatic heterocycles. The third-order valence-electron chi connectivity index (χ3n) is 6.20. The molecule has 1 aromatic carbocycles. The molecule has 3 heterocycles. The van der Waals surface area contributed by atoms with Crippen LogP contribution in [0.25, 0.3) is 11.4 Å². The molecule has 0 amide bonds. The van der Waals surface area contributed by atoms with Gasteiger partial charge in [0.05, 0.1) is 45.1 Å². The van der Waals surface area contributed by atoms with Crippen LogP contribution < -0.4 is 0 Å². The van der Waals surface area contributed by atoms with Gasteiger partial charge in [0, 0.05) is 37.8 Å². The fourth-order valence-electron chi connectivity index (χ4n) is 3.88. The van der Waals surface area contributed by atoms with Gasteiger partial charge in [0.15, 0.2) is 5.78 Å². The van der Waals surface area contributed by atoms with Crippen molar-refractivity contribution in [1.82, 2.24) is 29.8 Å². The number of nitrogens with zero attached hydrogens (tertiary/aromatic N) is 7. The fourth-order valence-corrected chi connectivity index (χ4v) is 4.95. The lowest BCUT2D eigenvalue weighted by Crippen LogP contribution is -2.14. The fraction of sp³-hybridized carbons (Fsp3) is 0.367. The van der Waals surface area contributed by atoms with E-state index < -0.39 is 0 Å². The number of Topliss-reactive ketones (excluding diaryl/α,β-unsaturated/α-hetero) is 1. The summed E-state index contributed by atoms with van der Waals surface area (Å²) in [5, 5.41) is 3.45. The highest BCUT2D eigenvalue weighted by Crippen LogP contribution is 2.28. The van der Waals surface area contributed by atoms with Gasteiger partial charge >= 0.3 is 0 Å². The lowest BCUT2D eigenvalue weighted by Gasteiger charge is -2.11. The van der Waals surface area contributed by atoms with E-state index >= 15 is 0 Å². The van der Waals surface area contributed by atoms with Crippen molar-refractivity contribution in [3.05, 3.63) is 80.1 Å². The SMILES string of the molecule is CCN(C)C=Nc1cc(C)c(Cc2nc(-c3ncc(C)nc3C)cs2)cc1C.Cc1cnc(C(=O)CBr)c(C)n1. The highest BCUT2D eigenvalue weighted by molar-refractivity contribution is 9.09. The van der Waals surface area contributed by atoms with Crippen molar-refractivity contribution in [3.8, 4) is 11.4 Å². The van der Waals surface area contributed by atoms with Crippen LogP contribution in [-0.2, 0) is 6.42 Å². The first-order chi connectivity index (χ1) is 19.0. The van der Waals surface area contributed by atoms with Crippen LogP contribution in [0.15, 0.2) is 34.9 Å². The van der Waals surface area contributed by atoms with Crippen LogP contribution in [-0.4, -0.2) is 60.9 Å². The third-order valence-corrected chi connectivity index (χ3v) is 7.56. The van der Waals surface area contributed by atoms with Gasteiger partial charge in [-0.2, -0.15) is 0 Å². The summed E-state index contributed by atoms with van der Waals surface area (Å²) in [6.45, 7) is 14.9. The summed E-state index contributed by atoms with van der Waals surface area (Å²) in [6.07, 6.45) is 6.10. The minimum atomic E-state index is -0.0278. The van der Waals surface area contributed by atoms with Gasteiger partial charge in [-0.25, -0.2) is 15.0 Å². The van der Waals surface area contributed by atoms with E-state index in [2.05, 4.69) is 84.0 Å². The van der Waals surface area contributed by atoms with Crippen molar-refractivity contribution < 1.29 is 4.79 Å². The standard InChI is InChI=1S/C22H27N5S.C8H9BrN2O/c1-7-27(6)13-24-19-9-14(2)18(8-15(19)3)10-21-26-20(12-28-21)22-17(5)25-16(4)11-23-22;1-5-4-10-8(6(2)11-5)7(12)3-9/h8-9,11-13H,7,10H2,1-6H3;4H,3H2,1-2H3. The van der Waals surface area contributed by atoms with Crippen LogP contribution in [0.1, 0.15) is 61.9 Å². The Balaban J connectivity index is 0.000000307. The maximum Gasteiger partial charge on any atom is 0.193 e. The maximum absolute atomic E-state index is 11.2. The Morgan fingerprint density at radius 1 is 0.975 bits per heavy atom. The van der Waals surface area contributed by atoms with E-state index in [-0.39, 0.29) is 5.78 Å². The number of aliphatic imine (C=N–C) groups is 1. The quantitative estimate of drug-likeness (QED) is 0.0933. The van der Waals surface area contributed by atoms with Gasteiger partial charge in [0.2, 0.25) is 0 Å². The molecule has 0 saturated heterocycles. The molecule has 210 valence electrons. The molecule has 0 N–H and O–H groups in total. The second-order valence-electron chi connectivity index (χ2n) is 9.63. The molecule has 3 aromatic heterocycles. The molecule has 0 atom stereocenters. The Bertz CT molecular complexity index is 1520. The highest BCUT2D eigenvalue weighted by Gasteiger charge is 2.12. The number of aryl methyl sites for hydroxylation is 6. The van der Waals surface area contributed by atoms with E-state index in [1.165, 1.54) is 16.7 Å². The number of hydrogen-bond donors (Lipinski definition) is 0. The van der Waals surface area contributed by atoms with Crippen LogP contribution in [0.4, 0.5) is 5.69 Å². The zero-order valence-corrected chi connectivity index (χ0v) is 26.8. The number of rotatable bonds is 8. The van der Waals surface area contributed by atoms with E-state index in [1.54, 1.807) is 30.7 Å². The Hall–Kier alpha value is -3.37. The number of carbonyl (C=O) groups excluding carboxylic acids is 1. The summed E-state index contributed by atoms with van der Waals surface area (Å²) in [6, 6.07) is 4.39. The largest absolute Gasteiger partial charge is 0.366 e. The van der Waals surface area contributed by atoms with Crippen molar-refractivity contribution in [3.63, 3.8) is 0 Å². The Kier molecular flexibility index (Phi) is 11.2. The zero-order valence-electron chi connectivity index (χ0n) is 24.4. The van der Waals surface area contributed by atoms with Gasteiger partial charge in [-0.1, -0.05) is 22.0 Å². The predicted octanol–water partition coefficient (Wildman–Crippen LogP) is 6.71. The second-order valence-corrected chi connectivity index (χ2v) is 11.1. The second kappa shape index (κ2) is 14.3. The number of benzene rings is 1. The summed E-state index contributed by atoms with van der Waals surface area (Å²) in [4.78, 5) is 39.8. The minimum Gasteiger partial charge on any atom is -0.366 e. The predicted molar refractivity (Wildman–Crippen MR) is 167 cm³/mol. The van der Waals surface area contributed by atoms with Crippen LogP contribution in [0.2, 0.25) is 0 Å². The summed E-state index contributed by atoms with van der Waals surface area (Å²) < 4.78 is 0. The van der Waals surface area contributed by atoms with Crippen LogP contribution in [0, 0.1) is 41.5 Å². The smallest absolute Gasteiger partial charge is 0.193 e. The van der Waals surface area contributed by atoms with Gasteiger partial charge in [-0.3, -0.25) is 19.7 Å². The van der Waals surface area contributed by atoms with Crippen molar-refractivity contribution in [2.24, 2.45) is 4.99 Å². The van der Waals surface area contributed by atoms with Crippen molar-refractivity contribution in [1.29, 1.82) is 0 Å². The Morgan fingerprint density at radius 3 is 2.27 bits per heavy atom. The van der Waals surface area contributed by atoms with Gasteiger partial charge in [0.1, 0.15) is 17.1 Å². The molecule has 4 rings (SSSR count). The summed E-state index contributed by atoms with van der Waals surface area (Å²) in [5.41, 5.74) is 10.3. The van der Waals surface area contributed by atoms with Crippen molar-refractivity contribution >= 4 is 45.1 Å². The summed E-state index contributed by atoms with van der Waals surface area (Å²) in [7, 11) is 2.03. The summed E-state index contributed by atoms with van der Waals surface area (Å²) >= 11 is 4.76. The molecule has 0 fully saturated rings. The molecule has 0 aliphatic carbocycles. The zero-order chi connectivity index (χ0) is 29.4. The molecule has 0 bridgehead atoms. The average molecular weight is 623 g/mol. The number of aromatic nitrogens is 5. The molecule has 8 nitrogen and oxygen atoms in total. The monoisotopic (exact) mass is 621 g/mol. The van der Waals surface area contributed by atoms with E-state index in [4.69, 9.17) is 4.98 Å². The molecule has 0 spiro atoms. The molecule has 0 radical (unpaired) electrons. The Morgan fingerprint density at radius 2 is 1.65 bits per heavy atom. The topological polar surface area (TPSA) is 97.1 Å². The third kappa shape index (κ3) is 8.32. The minimum absolute atomic E-state index is 0.0278. The molecule has 0 aliphatic rings. The first kappa shape index (κ1) is 31.2. The van der Waals surface area contributed by atoms with Gasteiger partial charge < -0.3 is 4.90 Å². The Labute approximate surface area is 249 Å². The number of thiazole rings is 1. The average Bonchev–Trinajstić information content (AvgIpc) is 3.37. The van der Waals surface area contributed by atoms with Crippen molar-refractivity contribution in [2.45, 2.75) is 54.9 Å². The number of hydrogen-bond acceptors (Lipinski definition) is 8. The summed E-state index contributed by atoms with van der Waals surface area (Å²) in [5.74, 6) is -0.0278. The highest BCUT2D eigenvalue weighted by atomic mass is 79.9. The van der Waals surface area contributed by atoms with E-state index in [0.29, 0.717) is 16.7 Å². The molecular weight excluding hydrogens is 586 g/mol. The number of halogens is 1. The van der Waals surface area contributed by atoms with E-state index in [0.717, 1.165) is 52.1 Å². The number of alkyl halides is 1. The lowest BCUT2D eigenvalue weighted by atomic mass is 10.0. The molecule has 10 heteroatoms. The molecule has 40 heavy (non-hydrogen) atoms. The molecular formula is C30H36BrN7OS. The van der Waals surface area contributed by atoms with Gasteiger partial charge in [0.25, 0.3) is 0 Å². The first-order valence-electron chi connectivity index (χ1n) is 13.0. The van der Waals surface area contributed by atoms with Crippen LogP contribution >= 0.6 is 27.3 Å².